The molecule has 0 heterocycles. The van der Waals surface area contributed by atoms with E-state index in [-0.39, 0.29) is 63.7 Å². The van der Waals surface area contributed by atoms with Crippen LogP contribution in [0.2, 0.25) is 0 Å². The first kappa shape index (κ1) is 20.1. The maximum atomic E-state index is 11.3. The molecule has 0 amide bonds. The summed E-state index contributed by atoms with van der Waals surface area (Å²) in [4.78, 5) is 22.5. The SMILES string of the molecule is CCOC(=O)/C=C(\C)N[C@@H](C(=O)O)c1ccc(O)cc1.[K]. The molecule has 6 nitrogen and oxygen atoms in total. The normalized spacial score (nSPS) is 12.0. The number of phenols is 1. The van der Waals surface area contributed by atoms with Gasteiger partial charge in [-0.05, 0) is 31.5 Å². The van der Waals surface area contributed by atoms with Gasteiger partial charge in [0.2, 0.25) is 0 Å². The molecule has 1 radical (unpaired) electrons. The van der Waals surface area contributed by atoms with Crippen molar-refractivity contribution in [1.82, 2.24) is 5.32 Å². The van der Waals surface area contributed by atoms with E-state index in [0.29, 0.717) is 11.3 Å². The zero-order valence-corrected chi connectivity index (χ0v) is 15.4. The van der Waals surface area contributed by atoms with Crippen LogP contribution in [0.15, 0.2) is 36.0 Å². The van der Waals surface area contributed by atoms with E-state index in [4.69, 9.17) is 4.74 Å². The Bertz CT molecular complexity index is 513. The van der Waals surface area contributed by atoms with Gasteiger partial charge in [-0.3, -0.25) is 0 Å². The molecule has 1 rings (SSSR count). The number of rotatable bonds is 6. The fraction of sp³-hybridized carbons (Fsp3) is 0.286. The number of hydrogen-bond donors (Lipinski definition) is 3. The van der Waals surface area contributed by atoms with Crippen molar-refractivity contribution in [1.29, 1.82) is 0 Å². The maximum Gasteiger partial charge on any atom is 0.332 e. The predicted octanol–water partition coefficient (Wildman–Crippen LogP) is 1.19. The minimum atomic E-state index is -1.09. The first-order chi connectivity index (χ1) is 9.43. The number of carbonyl (C=O) groups excluding carboxylic acids is 1. The van der Waals surface area contributed by atoms with Crippen molar-refractivity contribution >= 4 is 63.3 Å². The topological polar surface area (TPSA) is 95.9 Å². The van der Waals surface area contributed by atoms with Gasteiger partial charge in [-0.25, -0.2) is 9.59 Å². The second-order valence-electron chi connectivity index (χ2n) is 4.09. The third kappa shape index (κ3) is 7.10. The fourth-order valence-corrected chi connectivity index (χ4v) is 1.58. The number of hydrogen-bond acceptors (Lipinski definition) is 5. The number of allylic oxidation sites excluding steroid dienone is 1. The first-order valence-corrected chi connectivity index (χ1v) is 6.07. The predicted molar refractivity (Wildman–Crippen MR) is 77.8 cm³/mol. The Morgan fingerprint density at radius 3 is 2.38 bits per heavy atom. The third-order valence-corrected chi connectivity index (χ3v) is 2.47. The van der Waals surface area contributed by atoms with Gasteiger partial charge in [-0.2, -0.15) is 0 Å². The summed E-state index contributed by atoms with van der Waals surface area (Å²) in [6.07, 6.45) is 1.19. The summed E-state index contributed by atoms with van der Waals surface area (Å²) >= 11 is 0. The minimum Gasteiger partial charge on any atom is -0.508 e. The molecule has 1 aromatic carbocycles. The van der Waals surface area contributed by atoms with E-state index in [1.807, 2.05) is 0 Å². The van der Waals surface area contributed by atoms with Gasteiger partial charge in [0.15, 0.2) is 0 Å². The number of nitrogens with one attached hydrogen (secondary N) is 1. The molecule has 0 aliphatic rings. The summed E-state index contributed by atoms with van der Waals surface area (Å²) in [5, 5.41) is 21.1. The van der Waals surface area contributed by atoms with Crippen LogP contribution in [-0.2, 0) is 14.3 Å². The van der Waals surface area contributed by atoms with E-state index in [0.717, 1.165) is 0 Å². The van der Waals surface area contributed by atoms with Gasteiger partial charge in [-0.1, -0.05) is 12.1 Å². The molecule has 0 aromatic heterocycles. The number of benzene rings is 1. The van der Waals surface area contributed by atoms with E-state index in [1.54, 1.807) is 13.8 Å². The molecular formula is C14H17KNO5. The van der Waals surface area contributed by atoms with Crippen LogP contribution in [0.1, 0.15) is 25.5 Å². The number of aromatic hydroxyl groups is 1. The van der Waals surface area contributed by atoms with Crippen molar-refractivity contribution in [2.24, 2.45) is 0 Å². The van der Waals surface area contributed by atoms with Crippen LogP contribution in [0, 0.1) is 0 Å². The Labute approximate surface area is 165 Å². The van der Waals surface area contributed by atoms with Gasteiger partial charge in [0.25, 0.3) is 0 Å². The fourth-order valence-electron chi connectivity index (χ4n) is 1.58. The van der Waals surface area contributed by atoms with Crippen molar-refractivity contribution in [2.45, 2.75) is 19.9 Å². The molecule has 0 saturated heterocycles. The molecule has 0 aliphatic heterocycles. The Balaban J connectivity index is 0.00000400. The summed E-state index contributed by atoms with van der Waals surface area (Å²) in [5.74, 6) is -1.57. The van der Waals surface area contributed by atoms with Gasteiger partial charge in [0.1, 0.15) is 11.8 Å². The van der Waals surface area contributed by atoms with Crippen LogP contribution >= 0.6 is 0 Å². The van der Waals surface area contributed by atoms with Gasteiger partial charge >= 0.3 is 11.9 Å². The van der Waals surface area contributed by atoms with Crippen molar-refractivity contribution in [2.75, 3.05) is 6.61 Å². The summed E-state index contributed by atoms with van der Waals surface area (Å²) in [6, 6.07) is 4.79. The number of carboxylic acid groups (broad SMARTS) is 1. The number of esters is 1. The molecule has 0 unspecified atom stereocenters. The zero-order chi connectivity index (χ0) is 15.1. The number of carboxylic acids is 1. The molecule has 1 atom stereocenters. The second kappa shape index (κ2) is 9.96. The van der Waals surface area contributed by atoms with Crippen molar-refractivity contribution in [3.8, 4) is 5.75 Å². The van der Waals surface area contributed by atoms with Crippen molar-refractivity contribution in [3.05, 3.63) is 41.6 Å². The van der Waals surface area contributed by atoms with Crippen LogP contribution in [0.3, 0.4) is 0 Å². The van der Waals surface area contributed by atoms with E-state index >= 15 is 0 Å². The zero-order valence-electron chi connectivity index (χ0n) is 12.3. The summed E-state index contributed by atoms with van der Waals surface area (Å²) in [7, 11) is 0. The van der Waals surface area contributed by atoms with Gasteiger partial charge in [0.05, 0.1) is 6.61 Å². The number of ether oxygens (including phenoxy) is 1. The van der Waals surface area contributed by atoms with Crippen LogP contribution in [-0.4, -0.2) is 80.1 Å². The van der Waals surface area contributed by atoms with Crippen LogP contribution in [0.4, 0.5) is 0 Å². The number of phenolic OH excluding ortho intramolecular Hbond substituents is 1. The Morgan fingerprint density at radius 2 is 1.90 bits per heavy atom. The Morgan fingerprint density at radius 1 is 1.33 bits per heavy atom. The summed E-state index contributed by atoms with van der Waals surface area (Å²) in [5.41, 5.74) is 0.843. The van der Waals surface area contributed by atoms with Gasteiger partial charge < -0.3 is 20.3 Å². The minimum absolute atomic E-state index is 0. The van der Waals surface area contributed by atoms with Crippen molar-refractivity contribution < 1.29 is 24.5 Å². The number of carbonyl (C=O) groups is 2. The van der Waals surface area contributed by atoms with Crippen LogP contribution < -0.4 is 5.32 Å². The summed E-state index contributed by atoms with van der Waals surface area (Å²) < 4.78 is 4.74. The van der Waals surface area contributed by atoms with E-state index in [1.165, 1.54) is 30.3 Å². The quantitative estimate of drug-likeness (QED) is 0.414. The molecule has 0 fully saturated rings. The molecule has 0 spiro atoms. The average Bonchev–Trinajstić information content (AvgIpc) is 2.37. The largest absolute Gasteiger partial charge is 0.508 e. The standard InChI is InChI=1S/C14H17NO5.K/c1-3-20-12(17)8-9(2)15-13(14(18)19)10-4-6-11(16)7-5-10;/h4-8,13,15-16H,3H2,1-2H3,(H,18,19);/b9-8+;/t13-;/m1./s1. The maximum absolute atomic E-state index is 11.3. The van der Waals surface area contributed by atoms with E-state index in [9.17, 15) is 19.8 Å². The third-order valence-electron chi connectivity index (χ3n) is 2.47. The molecule has 21 heavy (non-hydrogen) atoms. The van der Waals surface area contributed by atoms with Crippen LogP contribution in [0.5, 0.6) is 5.75 Å². The summed E-state index contributed by atoms with van der Waals surface area (Å²) in [6.45, 7) is 3.52. The number of aliphatic carboxylic acids is 1. The van der Waals surface area contributed by atoms with Crippen molar-refractivity contribution in [3.63, 3.8) is 0 Å². The molecule has 0 bridgehead atoms. The van der Waals surface area contributed by atoms with Gasteiger partial charge in [0, 0.05) is 63.2 Å². The van der Waals surface area contributed by atoms with Crippen LogP contribution in [0.25, 0.3) is 0 Å². The molecular weight excluding hydrogens is 301 g/mol. The molecule has 109 valence electrons. The van der Waals surface area contributed by atoms with E-state index < -0.39 is 18.0 Å². The molecule has 7 heteroatoms. The second-order valence-corrected chi connectivity index (χ2v) is 4.09. The Hall–Kier alpha value is -0.864. The average molecular weight is 318 g/mol. The van der Waals surface area contributed by atoms with E-state index in [2.05, 4.69) is 5.32 Å². The smallest absolute Gasteiger partial charge is 0.332 e. The first-order valence-electron chi connectivity index (χ1n) is 6.07. The Kier molecular flexibility index (Phi) is 9.55. The molecule has 0 saturated carbocycles. The van der Waals surface area contributed by atoms with Gasteiger partial charge in [-0.15, -0.1) is 0 Å². The monoisotopic (exact) mass is 318 g/mol. The molecule has 3 N–H and O–H groups in total. The molecule has 1 aromatic rings. The molecule has 0 aliphatic carbocycles.